The number of carbonyl (C=O) groups is 1. The Morgan fingerprint density at radius 3 is 2.59 bits per heavy atom. The highest BCUT2D eigenvalue weighted by molar-refractivity contribution is 5.94. The number of allylic oxidation sites excluding steroid dienone is 1. The van der Waals surface area contributed by atoms with Crippen molar-refractivity contribution in [2.75, 3.05) is 6.54 Å². The van der Waals surface area contributed by atoms with E-state index < -0.39 is 0 Å². The van der Waals surface area contributed by atoms with Crippen LogP contribution >= 0.6 is 0 Å². The van der Waals surface area contributed by atoms with Crippen molar-refractivity contribution in [1.29, 1.82) is 0 Å². The van der Waals surface area contributed by atoms with E-state index in [0.717, 1.165) is 43.7 Å². The molecule has 1 saturated carbocycles. The van der Waals surface area contributed by atoms with Crippen LogP contribution in [0.5, 0.6) is 5.88 Å². The maximum Gasteiger partial charge on any atom is 0.291 e. The second-order valence-electron chi connectivity index (χ2n) is 10.1. The van der Waals surface area contributed by atoms with Gasteiger partial charge in [0.15, 0.2) is 0 Å². The fourth-order valence-electron chi connectivity index (χ4n) is 5.54. The molecule has 1 aromatic heterocycles. The third-order valence-electron chi connectivity index (χ3n) is 7.33. The van der Waals surface area contributed by atoms with E-state index in [1.165, 1.54) is 35.7 Å². The van der Waals surface area contributed by atoms with Gasteiger partial charge in [-0.1, -0.05) is 23.3 Å². The van der Waals surface area contributed by atoms with E-state index in [9.17, 15) is 4.79 Å². The molecule has 34 heavy (non-hydrogen) atoms. The van der Waals surface area contributed by atoms with Crippen LogP contribution in [-0.4, -0.2) is 39.2 Å². The molecule has 6 heteroatoms. The molecule has 2 fully saturated rings. The van der Waals surface area contributed by atoms with Gasteiger partial charge in [0.1, 0.15) is 5.70 Å². The van der Waals surface area contributed by atoms with Crippen molar-refractivity contribution in [2.24, 2.45) is 5.11 Å². The number of pyridine rings is 1. The van der Waals surface area contributed by atoms with E-state index in [1.54, 1.807) is 12.3 Å². The molecule has 0 spiro atoms. The zero-order valence-electron chi connectivity index (χ0n) is 20.0. The fraction of sp³-hybridized carbons (Fsp3) is 0.464. The van der Waals surface area contributed by atoms with E-state index in [0.29, 0.717) is 18.0 Å². The lowest BCUT2D eigenvalue weighted by atomic mass is 9.87. The average molecular weight is 457 g/mol. The Morgan fingerprint density at radius 1 is 1.06 bits per heavy atom. The Bertz CT molecular complexity index is 1150. The molecular weight excluding hydrogens is 424 g/mol. The van der Waals surface area contributed by atoms with Gasteiger partial charge in [-0.05, 0) is 68.6 Å². The van der Waals surface area contributed by atoms with Gasteiger partial charge in [0, 0.05) is 37.4 Å². The summed E-state index contributed by atoms with van der Waals surface area (Å²) in [7, 11) is 0. The summed E-state index contributed by atoms with van der Waals surface area (Å²) in [6, 6.07) is 14.0. The molecule has 1 radical (unpaired) electrons. The van der Waals surface area contributed by atoms with Crippen molar-refractivity contribution in [3.05, 3.63) is 71.0 Å². The van der Waals surface area contributed by atoms with E-state index in [1.807, 2.05) is 19.9 Å². The summed E-state index contributed by atoms with van der Waals surface area (Å²) in [6.45, 7) is 4.64. The van der Waals surface area contributed by atoms with Gasteiger partial charge in [-0.3, -0.25) is 4.79 Å². The van der Waals surface area contributed by atoms with Crippen LogP contribution in [0.15, 0.2) is 59.0 Å². The highest BCUT2D eigenvalue weighted by Crippen LogP contribution is 2.47. The van der Waals surface area contributed by atoms with Crippen LogP contribution in [0.2, 0.25) is 0 Å². The number of hydrogen-bond acceptors (Lipinski definition) is 4. The zero-order valence-corrected chi connectivity index (χ0v) is 20.0. The van der Waals surface area contributed by atoms with E-state index >= 15 is 0 Å². The number of carbonyl (C=O) groups excluding carboxylic acids is 1. The molecule has 1 atom stereocenters. The molecule has 6 rings (SSSR count). The van der Waals surface area contributed by atoms with E-state index in [-0.39, 0.29) is 18.1 Å². The quantitative estimate of drug-likeness (QED) is 0.509. The monoisotopic (exact) mass is 456 g/mol. The van der Waals surface area contributed by atoms with Crippen molar-refractivity contribution >= 4 is 11.6 Å². The molecule has 6 nitrogen and oxygen atoms in total. The number of likely N-dealkylation sites (tertiary alicyclic amines) is 1. The first-order valence-electron chi connectivity index (χ1n) is 12.7. The highest BCUT2D eigenvalue weighted by atomic mass is 16.5. The highest BCUT2D eigenvalue weighted by Gasteiger charge is 2.50. The molecule has 0 bridgehead atoms. The van der Waals surface area contributed by atoms with Crippen LogP contribution in [0.4, 0.5) is 5.69 Å². The molecule has 1 aromatic carbocycles. The van der Waals surface area contributed by atoms with Crippen LogP contribution in [0, 0.1) is 6.04 Å². The van der Waals surface area contributed by atoms with Crippen molar-refractivity contribution in [3.8, 4) is 5.88 Å². The summed E-state index contributed by atoms with van der Waals surface area (Å²) in [5, 5.41) is 5.09. The third kappa shape index (κ3) is 3.93. The number of aromatic nitrogens is 1. The Kier molecular flexibility index (Phi) is 5.47. The van der Waals surface area contributed by atoms with Crippen LogP contribution in [-0.2, 0) is 0 Å². The van der Waals surface area contributed by atoms with Gasteiger partial charge in [-0.2, -0.15) is 0 Å². The van der Waals surface area contributed by atoms with Crippen molar-refractivity contribution in [1.82, 2.24) is 9.88 Å². The van der Waals surface area contributed by atoms with Gasteiger partial charge in [-0.25, -0.2) is 4.98 Å². The zero-order chi connectivity index (χ0) is 23.2. The smallest absolute Gasteiger partial charge is 0.291 e. The first kappa shape index (κ1) is 21.5. The lowest BCUT2D eigenvalue weighted by Gasteiger charge is -2.37. The predicted octanol–water partition coefficient (Wildman–Crippen LogP) is 6.13. The van der Waals surface area contributed by atoms with Crippen molar-refractivity contribution in [2.45, 2.75) is 76.9 Å². The molecule has 2 aliphatic carbocycles. The summed E-state index contributed by atoms with van der Waals surface area (Å²) >= 11 is 0. The maximum absolute atomic E-state index is 13.6. The molecule has 1 unspecified atom stereocenters. The molecule has 2 aliphatic heterocycles. The Balaban J connectivity index is 1.25. The number of azo groups is 2. The second kappa shape index (κ2) is 8.64. The predicted molar refractivity (Wildman–Crippen MR) is 129 cm³/mol. The normalized spacial score (nSPS) is 22.5. The first-order valence-corrected chi connectivity index (χ1v) is 12.7. The van der Waals surface area contributed by atoms with Gasteiger partial charge < -0.3 is 9.64 Å². The largest absolute Gasteiger partial charge is 0.475 e. The lowest BCUT2D eigenvalue weighted by molar-refractivity contribution is -0.487. The minimum Gasteiger partial charge on any atom is -0.475 e. The Morgan fingerprint density at radius 2 is 1.88 bits per heavy atom. The number of rotatable bonds is 5. The SMILES string of the molecule is CC(C)Oc1ccc(C(=O)N2CC[C]3C4=C(CCCCC42)N=[N+]3c2ccc(C3CC3)cc2)cn1. The van der Waals surface area contributed by atoms with Crippen molar-refractivity contribution < 1.29 is 14.2 Å². The molecule has 175 valence electrons. The molecule has 1 saturated heterocycles. The van der Waals surface area contributed by atoms with Crippen LogP contribution in [0.3, 0.4) is 0 Å². The number of amides is 1. The molecule has 4 aliphatic rings. The van der Waals surface area contributed by atoms with Gasteiger partial charge in [0.25, 0.3) is 11.9 Å². The second-order valence-corrected chi connectivity index (χ2v) is 10.1. The number of benzene rings is 1. The molecule has 2 aromatic rings. The number of piperidine rings is 1. The molecule has 0 N–H and O–H groups in total. The summed E-state index contributed by atoms with van der Waals surface area (Å²) in [5.41, 5.74) is 5.65. The lowest BCUT2D eigenvalue weighted by Crippen LogP contribution is -2.47. The van der Waals surface area contributed by atoms with E-state index in [2.05, 4.69) is 38.8 Å². The third-order valence-corrected chi connectivity index (χ3v) is 7.33. The van der Waals surface area contributed by atoms with Gasteiger partial charge in [-0.15, -0.1) is 0 Å². The number of nitrogens with zero attached hydrogens (tertiary/aromatic N) is 4. The van der Waals surface area contributed by atoms with Gasteiger partial charge in [0.05, 0.1) is 23.3 Å². The van der Waals surface area contributed by atoms with Crippen LogP contribution in [0.25, 0.3) is 0 Å². The van der Waals surface area contributed by atoms with Crippen molar-refractivity contribution in [3.63, 3.8) is 0 Å². The fourth-order valence-corrected chi connectivity index (χ4v) is 5.54. The number of ether oxygens (including phenoxy) is 1. The average Bonchev–Trinajstić information content (AvgIpc) is 3.65. The number of hydrogen-bond donors (Lipinski definition) is 0. The molecule has 1 amide bonds. The maximum atomic E-state index is 13.6. The topological polar surface area (TPSA) is 57.8 Å². The van der Waals surface area contributed by atoms with E-state index in [4.69, 9.17) is 9.85 Å². The van der Waals surface area contributed by atoms with Crippen LogP contribution < -0.4 is 4.74 Å². The van der Waals surface area contributed by atoms with Crippen LogP contribution in [0.1, 0.15) is 80.6 Å². The molecular formula is C28H32N4O2+. The summed E-state index contributed by atoms with van der Waals surface area (Å²) in [4.78, 5) is 20.0. The summed E-state index contributed by atoms with van der Waals surface area (Å²) < 4.78 is 7.80. The molecule has 3 heterocycles. The Labute approximate surface area is 201 Å². The van der Waals surface area contributed by atoms with Gasteiger partial charge in [0.2, 0.25) is 11.6 Å². The van der Waals surface area contributed by atoms with Gasteiger partial charge >= 0.3 is 0 Å². The minimum atomic E-state index is 0.0497. The standard InChI is InChI=1S/C28H32N4O2/c1-18(2)34-26-14-11-21(17-29-26)28(33)31-16-15-25-27-23(5-3-4-6-24(27)31)30-32(25)22-12-9-20(10-13-22)19-7-8-19/h9-14,17-19,24H,3-8,15-16H2,1-2H3/q+1. The first-order chi connectivity index (χ1) is 16.6. The summed E-state index contributed by atoms with van der Waals surface area (Å²) in [5.74, 6) is 1.36. The summed E-state index contributed by atoms with van der Waals surface area (Å²) in [6.07, 6.45) is 9.35. The minimum absolute atomic E-state index is 0.0497. The Hall–Kier alpha value is -3.02.